The van der Waals surface area contributed by atoms with Crippen LogP contribution in [0.2, 0.25) is 0 Å². The molecule has 1 aliphatic heterocycles. The number of carbonyl (C=O) groups excluding carboxylic acids is 1. The first-order valence-electron chi connectivity index (χ1n) is 11.6. The zero-order valence-electron chi connectivity index (χ0n) is 17.2. The van der Waals surface area contributed by atoms with Crippen LogP contribution in [-0.2, 0) is 14.3 Å². The normalized spacial score (nSPS) is 24.7. The Morgan fingerprint density at radius 1 is 0.885 bits per heavy atom. The molecule has 1 saturated carbocycles. The molecule has 2 rings (SSSR count). The van der Waals surface area contributed by atoms with Crippen LogP contribution in [0.3, 0.4) is 0 Å². The van der Waals surface area contributed by atoms with Gasteiger partial charge in [0.25, 0.3) is 0 Å². The molecule has 0 aromatic heterocycles. The zero-order chi connectivity index (χ0) is 18.5. The second-order valence-corrected chi connectivity index (χ2v) is 8.59. The van der Waals surface area contributed by atoms with E-state index in [-0.39, 0.29) is 12.1 Å². The van der Waals surface area contributed by atoms with E-state index < -0.39 is 0 Å². The Morgan fingerprint density at radius 2 is 1.50 bits per heavy atom. The highest BCUT2D eigenvalue weighted by Crippen LogP contribution is 2.45. The second kappa shape index (κ2) is 13.6. The summed E-state index contributed by atoms with van der Waals surface area (Å²) in [5.41, 5.74) is 0. The third-order valence-electron chi connectivity index (χ3n) is 6.14. The molecule has 1 saturated heterocycles. The van der Waals surface area contributed by atoms with Gasteiger partial charge in [-0.25, -0.2) is 0 Å². The highest BCUT2D eigenvalue weighted by atomic mass is 16.6. The van der Waals surface area contributed by atoms with Crippen LogP contribution in [0.15, 0.2) is 0 Å². The third-order valence-corrected chi connectivity index (χ3v) is 6.14. The molecule has 0 aromatic rings. The average Bonchev–Trinajstić information content (AvgIpc) is 3.17. The highest BCUT2D eigenvalue weighted by molar-refractivity contribution is 5.69. The Labute approximate surface area is 161 Å². The number of rotatable bonds is 16. The summed E-state index contributed by atoms with van der Waals surface area (Å²) in [7, 11) is 0. The van der Waals surface area contributed by atoms with Crippen molar-refractivity contribution in [2.45, 2.75) is 116 Å². The van der Waals surface area contributed by atoms with Gasteiger partial charge in [-0.3, -0.25) is 4.79 Å². The fourth-order valence-corrected chi connectivity index (χ4v) is 4.26. The number of hydrogen-bond acceptors (Lipinski definition) is 3. The molecule has 0 bridgehead atoms. The number of esters is 1. The van der Waals surface area contributed by atoms with Gasteiger partial charge in [0.2, 0.25) is 0 Å². The van der Waals surface area contributed by atoms with E-state index in [1.165, 1.54) is 83.5 Å². The maximum absolute atomic E-state index is 11.7. The molecule has 3 atom stereocenters. The van der Waals surface area contributed by atoms with E-state index in [4.69, 9.17) is 9.47 Å². The van der Waals surface area contributed by atoms with Crippen molar-refractivity contribution in [3.8, 4) is 0 Å². The van der Waals surface area contributed by atoms with Crippen molar-refractivity contribution in [1.82, 2.24) is 0 Å². The third kappa shape index (κ3) is 9.94. The van der Waals surface area contributed by atoms with Crippen LogP contribution >= 0.6 is 0 Å². The summed E-state index contributed by atoms with van der Waals surface area (Å²) in [5, 5.41) is 0. The molecule has 2 fully saturated rings. The van der Waals surface area contributed by atoms with E-state index in [9.17, 15) is 4.79 Å². The van der Waals surface area contributed by atoms with Crippen LogP contribution < -0.4 is 0 Å². The second-order valence-electron chi connectivity index (χ2n) is 8.59. The van der Waals surface area contributed by atoms with Gasteiger partial charge in [-0.1, -0.05) is 84.0 Å². The Morgan fingerprint density at radius 3 is 2.12 bits per heavy atom. The van der Waals surface area contributed by atoms with Crippen molar-refractivity contribution in [2.24, 2.45) is 11.8 Å². The number of hydrogen-bond donors (Lipinski definition) is 0. The van der Waals surface area contributed by atoms with Crippen LogP contribution in [0.25, 0.3) is 0 Å². The molecular weight excluding hydrogens is 324 g/mol. The molecular formula is C23H42O3. The standard InChI is InChI=1S/C23H42O3/c1-2-3-4-5-7-10-13-20-18-21(20)14-11-8-6-9-12-15-23(24)26-22-16-17-25-19-22/h20-22H,2-19H2,1H3/t20?,21?,22-/m1/s1. The summed E-state index contributed by atoms with van der Waals surface area (Å²) in [5.74, 6) is 2.08. The molecule has 2 unspecified atom stereocenters. The van der Waals surface area contributed by atoms with E-state index in [0.29, 0.717) is 13.0 Å². The molecule has 1 aliphatic carbocycles. The van der Waals surface area contributed by atoms with Crippen LogP contribution in [0.5, 0.6) is 0 Å². The van der Waals surface area contributed by atoms with Gasteiger partial charge in [-0.05, 0) is 24.7 Å². The maximum Gasteiger partial charge on any atom is 0.306 e. The first-order chi connectivity index (χ1) is 12.8. The average molecular weight is 367 g/mol. The van der Waals surface area contributed by atoms with E-state index in [1.54, 1.807) is 0 Å². The summed E-state index contributed by atoms with van der Waals surface area (Å²) in [6, 6.07) is 0. The SMILES string of the molecule is CCCCCCCCC1CC1CCCCCCCC(=O)O[C@@H]1CCOC1. The Hall–Kier alpha value is -0.570. The predicted molar refractivity (Wildman–Crippen MR) is 107 cm³/mol. The molecule has 26 heavy (non-hydrogen) atoms. The summed E-state index contributed by atoms with van der Waals surface area (Å²) < 4.78 is 10.6. The zero-order valence-corrected chi connectivity index (χ0v) is 17.2. The molecule has 0 amide bonds. The highest BCUT2D eigenvalue weighted by Gasteiger charge is 2.34. The van der Waals surface area contributed by atoms with Crippen molar-refractivity contribution in [3.05, 3.63) is 0 Å². The smallest absolute Gasteiger partial charge is 0.306 e. The number of carbonyl (C=O) groups is 1. The van der Waals surface area contributed by atoms with E-state index in [0.717, 1.165) is 31.3 Å². The molecule has 2 aliphatic rings. The van der Waals surface area contributed by atoms with E-state index in [1.807, 2.05) is 0 Å². The van der Waals surface area contributed by atoms with Crippen molar-refractivity contribution >= 4 is 5.97 Å². The Kier molecular flexibility index (Phi) is 11.3. The minimum absolute atomic E-state index is 0.0188. The lowest BCUT2D eigenvalue weighted by atomic mass is 10.0. The number of unbranched alkanes of at least 4 members (excludes halogenated alkanes) is 9. The van der Waals surface area contributed by atoms with Gasteiger partial charge in [-0.2, -0.15) is 0 Å². The molecule has 152 valence electrons. The fourth-order valence-electron chi connectivity index (χ4n) is 4.26. The lowest BCUT2D eigenvalue weighted by molar-refractivity contribution is -0.149. The van der Waals surface area contributed by atoms with Gasteiger partial charge in [0, 0.05) is 12.8 Å². The molecule has 0 N–H and O–H groups in total. The van der Waals surface area contributed by atoms with Gasteiger partial charge >= 0.3 is 5.97 Å². The summed E-state index contributed by atoms with van der Waals surface area (Å²) >= 11 is 0. The largest absolute Gasteiger partial charge is 0.460 e. The molecule has 0 aromatic carbocycles. The lowest BCUT2D eigenvalue weighted by Gasteiger charge is -2.09. The van der Waals surface area contributed by atoms with Crippen molar-refractivity contribution in [2.75, 3.05) is 13.2 Å². The van der Waals surface area contributed by atoms with Crippen LogP contribution in [-0.4, -0.2) is 25.3 Å². The lowest BCUT2D eigenvalue weighted by Crippen LogP contribution is -2.17. The monoisotopic (exact) mass is 366 g/mol. The van der Waals surface area contributed by atoms with Crippen LogP contribution in [0.4, 0.5) is 0 Å². The topological polar surface area (TPSA) is 35.5 Å². The Bertz CT molecular complexity index is 362. The summed E-state index contributed by atoms with van der Waals surface area (Å²) in [4.78, 5) is 11.7. The Balaban J connectivity index is 1.30. The van der Waals surface area contributed by atoms with E-state index in [2.05, 4.69) is 6.92 Å². The maximum atomic E-state index is 11.7. The fraction of sp³-hybridized carbons (Fsp3) is 0.957. The van der Waals surface area contributed by atoms with Gasteiger partial charge in [0.15, 0.2) is 0 Å². The van der Waals surface area contributed by atoms with Crippen LogP contribution in [0.1, 0.15) is 110 Å². The first kappa shape index (κ1) is 21.7. The van der Waals surface area contributed by atoms with Gasteiger partial charge < -0.3 is 9.47 Å². The minimum atomic E-state index is -0.0315. The number of ether oxygens (including phenoxy) is 2. The molecule has 0 radical (unpaired) electrons. The van der Waals surface area contributed by atoms with Crippen molar-refractivity contribution in [3.63, 3.8) is 0 Å². The quantitative estimate of drug-likeness (QED) is 0.233. The molecule has 3 heteroatoms. The molecule has 0 spiro atoms. The minimum Gasteiger partial charge on any atom is -0.460 e. The first-order valence-corrected chi connectivity index (χ1v) is 11.6. The van der Waals surface area contributed by atoms with Crippen LogP contribution in [0, 0.1) is 11.8 Å². The van der Waals surface area contributed by atoms with Crippen molar-refractivity contribution < 1.29 is 14.3 Å². The predicted octanol–water partition coefficient (Wildman–Crippen LogP) is 6.44. The summed E-state index contributed by atoms with van der Waals surface area (Å²) in [6.45, 7) is 3.61. The van der Waals surface area contributed by atoms with Crippen molar-refractivity contribution in [1.29, 1.82) is 0 Å². The molecule has 3 nitrogen and oxygen atoms in total. The van der Waals surface area contributed by atoms with E-state index >= 15 is 0 Å². The summed E-state index contributed by atoms with van der Waals surface area (Å²) in [6.07, 6.45) is 20.7. The van der Waals surface area contributed by atoms with Gasteiger partial charge in [0.1, 0.15) is 6.10 Å². The molecule has 1 heterocycles. The van der Waals surface area contributed by atoms with Gasteiger partial charge in [0.05, 0.1) is 13.2 Å². The van der Waals surface area contributed by atoms with Gasteiger partial charge in [-0.15, -0.1) is 0 Å².